The van der Waals surface area contributed by atoms with E-state index in [1.807, 2.05) is 66.7 Å². The van der Waals surface area contributed by atoms with Crippen LogP contribution in [0.2, 0.25) is 0 Å². The van der Waals surface area contributed by atoms with Gasteiger partial charge in [-0.2, -0.15) is 5.10 Å². The summed E-state index contributed by atoms with van der Waals surface area (Å²) in [4.78, 5) is 12.1. The fraction of sp³-hybridized carbons (Fsp3) is 0.0476. The molecule has 1 N–H and O–H groups in total. The van der Waals surface area contributed by atoms with Gasteiger partial charge in [-0.05, 0) is 35.9 Å². The first-order valence-corrected chi connectivity index (χ1v) is 8.86. The molecular formula is C21H17BrN2O2. The highest BCUT2D eigenvalue weighted by Crippen LogP contribution is 2.14. The van der Waals surface area contributed by atoms with Gasteiger partial charge in [-0.3, -0.25) is 4.79 Å². The van der Waals surface area contributed by atoms with Crippen LogP contribution < -0.4 is 10.2 Å². The van der Waals surface area contributed by atoms with E-state index in [1.54, 1.807) is 18.3 Å². The second-order valence-corrected chi connectivity index (χ2v) is 6.37. The third-order valence-corrected chi connectivity index (χ3v) is 4.36. The van der Waals surface area contributed by atoms with E-state index < -0.39 is 0 Å². The molecule has 0 aliphatic carbocycles. The standard InChI is InChI=1S/C21H17BrN2O2/c22-20-9-5-4-6-18(20)14-23-24-21(25)17-12-10-16(11-13-17)15-26-19-7-2-1-3-8-19/h1-14H,15H2,(H,24,25)/b23-14-. The first-order valence-electron chi connectivity index (χ1n) is 8.07. The first kappa shape index (κ1) is 17.9. The number of nitrogens with zero attached hydrogens (tertiary/aromatic N) is 1. The maximum Gasteiger partial charge on any atom is 0.271 e. The summed E-state index contributed by atoms with van der Waals surface area (Å²) >= 11 is 3.43. The molecule has 0 saturated heterocycles. The third kappa shape index (κ3) is 5.04. The highest BCUT2D eigenvalue weighted by Gasteiger charge is 2.04. The molecule has 0 heterocycles. The number of nitrogens with one attached hydrogen (secondary N) is 1. The van der Waals surface area contributed by atoms with Crippen molar-refractivity contribution in [3.05, 3.63) is 100 Å². The number of hydrogen-bond donors (Lipinski definition) is 1. The van der Waals surface area contributed by atoms with Crippen LogP contribution in [0.3, 0.4) is 0 Å². The minimum atomic E-state index is -0.260. The highest BCUT2D eigenvalue weighted by atomic mass is 79.9. The summed E-state index contributed by atoms with van der Waals surface area (Å²) in [6, 6.07) is 24.5. The van der Waals surface area contributed by atoms with Crippen molar-refractivity contribution in [2.24, 2.45) is 5.10 Å². The van der Waals surface area contributed by atoms with E-state index >= 15 is 0 Å². The molecule has 3 rings (SSSR count). The summed E-state index contributed by atoms with van der Waals surface area (Å²) in [6.45, 7) is 0.450. The maximum absolute atomic E-state index is 12.1. The number of carbonyl (C=O) groups excluding carboxylic acids is 1. The lowest BCUT2D eigenvalue weighted by Crippen LogP contribution is -2.17. The topological polar surface area (TPSA) is 50.7 Å². The van der Waals surface area contributed by atoms with Crippen LogP contribution in [0.15, 0.2) is 88.4 Å². The fourth-order valence-electron chi connectivity index (χ4n) is 2.24. The minimum absolute atomic E-state index is 0.260. The monoisotopic (exact) mass is 408 g/mol. The first-order chi connectivity index (χ1) is 12.7. The number of ether oxygens (including phenoxy) is 1. The lowest BCUT2D eigenvalue weighted by molar-refractivity contribution is 0.0955. The van der Waals surface area contributed by atoms with Crippen molar-refractivity contribution < 1.29 is 9.53 Å². The zero-order chi connectivity index (χ0) is 18.2. The molecule has 0 atom stereocenters. The molecule has 0 aliphatic rings. The molecule has 26 heavy (non-hydrogen) atoms. The molecule has 5 heteroatoms. The predicted octanol–water partition coefficient (Wildman–Crippen LogP) is 4.79. The van der Waals surface area contributed by atoms with Crippen molar-refractivity contribution in [1.29, 1.82) is 0 Å². The number of amides is 1. The Morgan fingerprint density at radius 1 is 0.962 bits per heavy atom. The van der Waals surface area contributed by atoms with Gasteiger partial charge in [0, 0.05) is 15.6 Å². The van der Waals surface area contributed by atoms with E-state index in [-0.39, 0.29) is 5.91 Å². The lowest BCUT2D eigenvalue weighted by Gasteiger charge is -2.06. The molecule has 0 saturated carbocycles. The summed E-state index contributed by atoms with van der Waals surface area (Å²) in [5.74, 6) is 0.555. The fourth-order valence-corrected chi connectivity index (χ4v) is 2.63. The van der Waals surface area contributed by atoms with Gasteiger partial charge in [-0.25, -0.2) is 5.43 Å². The van der Waals surface area contributed by atoms with Crippen molar-refractivity contribution >= 4 is 28.1 Å². The molecule has 0 aliphatic heterocycles. The molecule has 3 aromatic rings. The van der Waals surface area contributed by atoms with Gasteiger partial charge in [0.2, 0.25) is 0 Å². The van der Waals surface area contributed by atoms with Gasteiger partial charge in [0.15, 0.2) is 0 Å². The Kier molecular flexibility index (Phi) is 6.17. The maximum atomic E-state index is 12.1. The average molecular weight is 409 g/mol. The quantitative estimate of drug-likeness (QED) is 0.470. The SMILES string of the molecule is O=C(N/N=C\c1ccccc1Br)c1ccc(COc2ccccc2)cc1. The molecule has 0 spiro atoms. The molecule has 1 amide bonds. The Bertz CT molecular complexity index is 893. The third-order valence-electron chi connectivity index (χ3n) is 3.64. The normalized spacial score (nSPS) is 10.7. The van der Waals surface area contributed by atoms with E-state index in [0.29, 0.717) is 12.2 Å². The Balaban J connectivity index is 1.54. The van der Waals surface area contributed by atoms with Crippen LogP contribution in [0.25, 0.3) is 0 Å². The molecule has 0 bridgehead atoms. The van der Waals surface area contributed by atoms with Gasteiger partial charge >= 0.3 is 0 Å². The van der Waals surface area contributed by atoms with E-state index in [2.05, 4.69) is 26.5 Å². The van der Waals surface area contributed by atoms with Gasteiger partial charge in [-0.15, -0.1) is 0 Å². The summed E-state index contributed by atoms with van der Waals surface area (Å²) in [6.07, 6.45) is 1.60. The number of rotatable bonds is 6. The number of carbonyl (C=O) groups is 1. The number of halogens is 1. The predicted molar refractivity (Wildman–Crippen MR) is 106 cm³/mol. The van der Waals surface area contributed by atoms with Crippen LogP contribution in [-0.2, 0) is 6.61 Å². The van der Waals surface area contributed by atoms with Crippen molar-refractivity contribution in [3.8, 4) is 5.75 Å². The van der Waals surface area contributed by atoms with E-state index in [4.69, 9.17) is 4.74 Å². The van der Waals surface area contributed by atoms with Crippen LogP contribution in [0.5, 0.6) is 5.75 Å². The van der Waals surface area contributed by atoms with Gasteiger partial charge in [0.1, 0.15) is 12.4 Å². The van der Waals surface area contributed by atoms with Crippen molar-refractivity contribution in [2.45, 2.75) is 6.61 Å². The largest absolute Gasteiger partial charge is 0.489 e. The average Bonchev–Trinajstić information content (AvgIpc) is 2.69. The van der Waals surface area contributed by atoms with Crippen LogP contribution in [0.4, 0.5) is 0 Å². The Hall–Kier alpha value is -2.92. The lowest BCUT2D eigenvalue weighted by atomic mass is 10.1. The van der Waals surface area contributed by atoms with Gasteiger partial charge < -0.3 is 4.74 Å². The smallest absolute Gasteiger partial charge is 0.271 e. The number of hydrazone groups is 1. The molecular weight excluding hydrogens is 392 g/mol. The molecule has 4 nitrogen and oxygen atoms in total. The molecule has 0 unspecified atom stereocenters. The molecule has 0 fully saturated rings. The van der Waals surface area contributed by atoms with Crippen LogP contribution in [-0.4, -0.2) is 12.1 Å². The van der Waals surface area contributed by atoms with E-state index in [1.165, 1.54) is 0 Å². The Morgan fingerprint density at radius 2 is 1.65 bits per heavy atom. The van der Waals surface area contributed by atoms with Crippen molar-refractivity contribution in [3.63, 3.8) is 0 Å². The molecule has 0 aromatic heterocycles. The zero-order valence-electron chi connectivity index (χ0n) is 13.9. The molecule has 130 valence electrons. The number of benzene rings is 3. The Morgan fingerprint density at radius 3 is 2.38 bits per heavy atom. The second kappa shape index (κ2) is 8.97. The van der Waals surface area contributed by atoms with Gasteiger partial charge in [-0.1, -0.05) is 64.5 Å². The Labute approximate surface area is 160 Å². The van der Waals surface area contributed by atoms with Crippen LogP contribution in [0, 0.1) is 0 Å². The van der Waals surface area contributed by atoms with Crippen molar-refractivity contribution in [2.75, 3.05) is 0 Å². The summed E-state index contributed by atoms with van der Waals surface area (Å²) in [7, 11) is 0. The van der Waals surface area contributed by atoms with E-state index in [9.17, 15) is 4.79 Å². The summed E-state index contributed by atoms with van der Waals surface area (Å²) < 4.78 is 6.61. The van der Waals surface area contributed by atoms with E-state index in [0.717, 1.165) is 21.3 Å². The zero-order valence-corrected chi connectivity index (χ0v) is 15.5. The second-order valence-electron chi connectivity index (χ2n) is 5.52. The molecule has 3 aromatic carbocycles. The summed E-state index contributed by atoms with van der Waals surface area (Å²) in [5, 5.41) is 4.00. The summed E-state index contributed by atoms with van der Waals surface area (Å²) in [5.41, 5.74) is 4.95. The van der Waals surface area contributed by atoms with Crippen LogP contribution >= 0.6 is 15.9 Å². The van der Waals surface area contributed by atoms with Crippen LogP contribution in [0.1, 0.15) is 21.5 Å². The van der Waals surface area contributed by atoms with Gasteiger partial charge in [0.05, 0.1) is 6.21 Å². The number of para-hydroxylation sites is 1. The molecule has 0 radical (unpaired) electrons. The van der Waals surface area contributed by atoms with Gasteiger partial charge in [0.25, 0.3) is 5.91 Å². The van der Waals surface area contributed by atoms with Crippen molar-refractivity contribution in [1.82, 2.24) is 5.43 Å². The number of hydrogen-bond acceptors (Lipinski definition) is 3. The minimum Gasteiger partial charge on any atom is -0.489 e. The highest BCUT2D eigenvalue weighted by molar-refractivity contribution is 9.10.